The van der Waals surface area contributed by atoms with E-state index < -0.39 is 5.97 Å². The lowest BCUT2D eigenvalue weighted by molar-refractivity contribution is -0.154. The van der Waals surface area contributed by atoms with Crippen LogP contribution in [0.2, 0.25) is 0 Å². The van der Waals surface area contributed by atoms with Crippen LogP contribution in [0.5, 0.6) is 0 Å². The van der Waals surface area contributed by atoms with Crippen molar-refractivity contribution in [3.63, 3.8) is 0 Å². The molecule has 1 aliphatic carbocycles. The van der Waals surface area contributed by atoms with E-state index in [1.165, 1.54) is 0 Å². The number of ether oxygens (including phenoxy) is 2. The Labute approximate surface area is 126 Å². The molecule has 0 heterocycles. The Bertz CT molecular complexity index is 442. The summed E-state index contributed by atoms with van der Waals surface area (Å²) in [6.45, 7) is 2.37. The molecule has 0 unspecified atom stereocenters. The average Bonchev–Trinajstić information content (AvgIpc) is 2.52. The molecule has 21 heavy (non-hydrogen) atoms. The molecular formula is C17H22O4. The molecule has 1 aliphatic rings. The van der Waals surface area contributed by atoms with E-state index in [1.54, 1.807) is 6.08 Å². The van der Waals surface area contributed by atoms with Crippen molar-refractivity contribution in [1.29, 1.82) is 0 Å². The Morgan fingerprint density at radius 3 is 2.71 bits per heavy atom. The molecule has 1 saturated carbocycles. The number of hydrogen-bond donors (Lipinski definition) is 0. The minimum absolute atomic E-state index is 0.00284. The second-order valence-electron chi connectivity index (χ2n) is 4.98. The van der Waals surface area contributed by atoms with Gasteiger partial charge in [0.15, 0.2) is 0 Å². The van der Waals surface area contributed by atoms with E-state index in [9.17, 15) is 9.59 Å². The van der Waals surface area contributed by atoms with E-state index >= 15 is 0 Å². The van der Waals surface area contributed by atoms with Crippen molar-refractivity contribution in [1.82, 2.24) is 0 Å². The van der Waals surface area contributed by atoms with Crippen LogP contribution in [0.4, 0.5) is 0 Å². The maximum absolute atomic E-state index is 12.1. The van der Waals surface area contributed by atoms with Crippen LogP contribution >= 0.6 is 0 Å². The SMILES string of the molecule is C#CC(=O)OC[C@@H]1CCCC[C@H]1C(=O)OC/C=C/C=C/C. The number of terminal acetylenes is 1. The van der Waals surface area contributed by atoms with Gasteiger partial charge < -0.3 is 9.47 Å². The van der Waals surface area contributed by atoms with Crippen molar-refractivity contribution in [2.24, 2.45) is 11.8 Å². The van der Waals surface area contributed by atoms with Crippen LogP contribution in [0, 0.1) is 24.2 Å². The second kappa shape index (κ2) is 9.82. The van der Waals surface area contributed by atoms with Gasteiger partial charge in [-0.15, -0.1) is 6.42 Å². The summed E-state index contributed by atoms with van der Waals surface area (Å²) in [6, 6.07) is 0. The number of rotatable bonds is 6. The number of carbonyl (C=O) groups is 2. The van der Waals surface area contributed by atoms with Gasteiger partial charge in [-0.25, -0.2) is 4.79 Å². The zero-order chi connectivity index (χ0) is 15.5. The third-order valence-corrected chi connectivity index (χ3v) is 3.52. The van der Waals surface area contributed by atoms with Gasteiger partial charge >= 0.3 is 11.9 Å². The topological polar surface area (TPSA) is 52.6 Å². The van der Waals surface area contributed by atoms with Crippen LogP contribution in [0.3, 0.4) is 0 Å². The predicted octanol–water partition coefficient (Wildman–Crippen LogP) is 2.64. The molecular weight excluding hydrogens is 268 g/mol. The van der Waals surface area contributed by atoms with Gasteiger partial charge in [0, 0.05) is 11.8 Å². The summed E-state index contributed by atoms with van der Waals surface area (Å²) >= 11 is 0. The molecule has 0 aromatic heterocycles. The molecule has 1 fully saturated rings. The Hall–Kier alpha value is -2.02. The Kier molecular flexibility index (Phi) is 7.96. The lowest BCUT2D eigenvalue weighted by atomic mass is 9.80. The molecule has 0 aromatic rings. The lowest BCUT2D eigenvalue weighted by Gasteiger charge is -2.29. The first-order valence-corrected chi connectivity index (χ1v) is 7.26. The third kappa shape index (κ3) is 6.31. The van der Waals surface area contributed by atoms with Crippen molar-refractivity contribution in [2.45, 2.75) is 32.6 Å². The summed E-state index contributed by atoms with van der Waals surface area (Å²) in [6.07, 6.45) is 16.0. The Morgan fingerprint density at radius 1 is 1.24 bits per heavy atom. The van der Waals surface area contributed by atoms with Gasteiger partial charge in [0.2, 0.25) is 0 Å². The number of hydrogen-bond acceptors (Lipinski definition) is 4. The highest BCUT2D eigenvalue weighted by atomic mass is 16.5. The lowest BCUT2D eigenvalue weighted by Crippen LogP contribution is -2.32. The third-order valence-electron chi connectivity index (χ3n) is 3.52. The smallest absolute Gasteiger partial charge is 0.384 e. The molecule has 0 aliphatic heterocycles. The molecule has 0 N–H and O–H groups in total. The summed E-state index contributed by atoms with van der Waals surface area (Å²) < 4.78 is 10.2. The zero-order valence-electron chi connectivity index (χ0n) is 12.4. The summed E-state index contributed by atoms with van der Waals surface area (Å²) in [4.78, 5) is 23.1. The normalized spacial score (nSPS) is 22.1. The van der Waals surface area contributed by atoms with Gasteiger partial charge in [0.25, 0.3) is 0 Å². The monoisotopic (exact) mass is 290 g/mol. The van der Waals surface area contributed by atoms with Crippen molar-refractivity contribution in [3.8, 4) is 12.3 Å². The first kappa shape index (κ1) is 17.0. The number of carbonyl (C=O) groups excluding carboxylic acids is 2. The van der Waals surface area contributed by atoms with Crippen LogP contribution in [0.25, 0.3) is 0 Å². The van der Waals surface area contributed by atoms with Gasteiger partial charge in [0.1, 0.15) is 6.61 Å². The van der Waals surface area contributed by atoms with E-state index in [0.717, 1.165) is 25.7 Å². The van der Waals surface area contributed by atoms with E-state index in [4.69, 9.17) is 15.9 Å². The van der Waals surface area contributed by atoms with Crippen LogP contribution in [0.1, 0.15) is 32.6 Å². The maximum atomic E-state index is 12.1. The van der Waals surface area contributed by atoms with Gasteiger partial charge in [-0.3, -0.25) is 4.79 Å². The Morgan fingerprint density at radius 2 is 2.00 bits per heavy atom. The molecule has 0 saturated heterocycles. The van der Waals surface area contributed by atoms with Crippen molar-refractivity contribution in [2.75, 3.05) is 13.2 Å². The molecule has 1 rings (SSSR count). The number of esters is 2. The van der Waals surface area contributed by atoms with Crippen LogP contribution in [0.15, 0.2) is 24.3 Å². The molecule has 0 radical (unpaired) electrons. The predicted molar refractivity (Wildman–Crippen MR) is 80.2 cm³/mol. The summed E-state index contributed by atoms with van der Waals surface area (Å²) in [7, 11) is 0. The maximum Gasteiger partial charge on any atom is 0.384 e. The minimum atomic E-state index is -0.679. The molecule has 0 amide bonds. The van der Waals surface area contributed by atoms with Crippen molar-refractivity contribution in [3.05, 3.63) is 24.3 Å². The molecule has 0 bridgehead atoms. The van der Waals surface area contributed by atoms with E-state index in [1.807, 2.05) is 31.1 Å². The average molecular weight is 290 g/mol. The Balaban J connectivity index is 2.46. The van der Waals surface area contributed by atoms with Crippen molar-refractivity contribution < 1.29 is 19.1 Å². The zero-order valence-corrected chi connectivity index (χ0v) is 12.4. The minimum Gasteiger partial charge on any atom is -0.461 e. The summed E-state index contributed by atoms with van der Waals surface area (Å²) in [5.74, 6) is 0.804. The van der Waals surface area contributed by atoms with Gasteiger partial charge in [-0.05, 0) is 25.8 Å². The van der Waals surface area contributed by atoms with Gasteiger partial charge in [-0.2, -0.15) is 0 Å². The molecule has 4 nitrogen and oxygen atoms in total. The van der Waals surface area contributed by atoms with E-state index in [0.29, 0.717) is 0 Å². The number of allylic oxidation sites excluding steroid dienone is 3. The fourth-order valence-corrected chi connectivity index (χ4v) is 2.42. The standard InChI is InChI=1S/C17H22O4/c1-3-5-6-9-12-20-17(19)15-11-8-7-10-14(15)13-21-16(18)4-2/h2-3,5-6,9,14-15H,7-8,10-13H2,1H3/b5-3+,9-6+/t14-,15+/m0/s1. The van der Waals surface area contributed by atoms with Crippen LogP contribution in [-0.2, 0) is 19.1 Å². The fourth-order valence-electron chi connectivity index (χ4n) is 2.42. The van der Waals surface area contributed by atoms with Gasteiger partial charge in [-0.1, -0.05) is 31.1 Å². The summed E-state index contributed by atoms with van der Waals surface area (Å²) in [5, 5.41) is 0. The van der Waals surface area contributed by atoms with E-state index in [2.05, 4.69) is 0 Å². The molecule has 0 spiro atoms. The second-order valence-corrected chi connectivity index (χ2v) is 4.98. The molecule has 0 aromatic carbocycles. The highest BCUT2D eigenvalue weighted by Crippen LogP contribution is 2.31. The van der Waals surface area contributed by atoms with Crippen LogP contribution < -0.4 is 0 Å². The highest BCUT2D eigenvalue weighted by molar-refractivity contribution is 5.87. The highest BCUT2D eigenvalue weighted by Gasteiger charge is 2.32. The summed E-state index contributed by atoms with van der Waals surface area (Å²) in [5.41, 5.74) is 0. The van der Waals surface area contributed by atoms with Crippen molar-refractivity contribution >= 4 is 11.9 Å². The fraction of sp³-hybridized carbons (Fsp3) is 0.529. The van der Waals surface area contributed by atoms with Crippen LogP contribution in [-0.4, -0.2) is 25.2 Å². The molecule has 4 heteroatoms. The largest absolute Gasteiger partial charge is 0.461 e. The van der Waals surface area contributed by atoms with E-state index in [-0.39, 0.29) is 31.0 Å². The molecule has 114 valence electrons. The quantitative estimate of drug-likeness (QED) is 0.326. The first-order chi connectivity index (χ1) is 10.2. The van der Waals surface area contributed by atoms with Gasteiger partial charge in [0.05, 0.1) is 12.5 Å². The molecule has 2 atom stereocenters. The first-order valence-electron chi connectivity index (χ1n) is 7.26.